The second-order valence-corrected chi connectivity index (χ2v) is 8.58. The predicted molar refractivity (Wildman–Crippen MR) is 112 cm³/mol. The van der Waals surface area contributed by atoms with Crippen molar-refractivity contribution in [3.05, 3.63) is 50.9 Å². The van der Waals surface area contributed by atoms with Crippen LogP contribution in [-0.4, -0.2) is 23.1 Å². The minimum atomic E-state index is 0.0108. The molecule has 0 radical (unpaired) electrons. The van der Waals surface area contributed by atoms with Crippen LogP contribution in [0.25, 0.3) is 10.2 Å². The highest BCUT2D eigenvalue weighted by molar-refractivity contribution is 7.18. The molecule has 5 rings (SSSR count). The van der Waals surface area contributed by atoms with E-state index in [2.05, 4.69) is 39.5 Å². The lowest BCUT2D eigenvalue weighted by atomic mass is 10.1. The van der Waals surface area contributed by atoms with Gasteiger partial charge in [0.2, 0.25) is 0 Å². The van der Waals surface area contributed by atoms with E-state index < -0.39 is 0 Å². The summed E-state index contributed by atoms with van der Waals surface area (Å²) < 4.78 is 0. The molecule has 5 nitrogen and oxygen atoms in total. The number of rotatable bonds is 4. The van der Waals surface area contributed by atoms with Crippen LogP contribution >= 0.6 is 11.3 Å². The topological polar surface area (TPSA) is 61.0 Å². The van der Waals surface area contributed by atoms with Gasteiger partial charge in [0, 0.05) is 29.3 Å². The summed E-state index contributed by atoms with van der Waals surface area (Å²) in [5.41, 5.74) is 3.58. The lowest BCUT2D eigenvalue weighted by molar-refractivity contribution is 0.578. The molecule has 0 unspecified atom stereocenters. The Morgan fingerprint density at radius 1 is 1.07 bits per heavy atom. The maximum Gasteiger partial charge on any atom is 0.259 e. The number of hydrogen-bond acceptors (Lipinski definition) is 5. The molecule has 1 aromatic carbocycles. The molecular weight excluding hydrogens is 356 g/mol. The fourth-order valence-electron chi connectivity index (χ4n) is 4.26. The largest absolute Gasteiger partial charge is 0.378 e. The molecule has 0 amide bonds. The standard InChI is InChI=1S/C21H24N4OS/c26-20-19-16-5-4-6-17(16)27-21(19)24-18(23-20)13-22-14-7-9-15(10-8-14)25-11-2-1-3-12-25/h7-10,22H,1-6,11-13H2,(H,23,24,26). The number of nitrogens with one attached hydrogen (secondary N) is 2. The Balaban J connectivity index is 1.30. The van der Waals surface area contributed by atoms with Crippen LogP contribution in [0.4, 0.5) is 11.4 Å². The number of H-pyrrole nitrogens is 1. The molecule has 2 aromatic heterocycles. The molecule has 1 aliphatic heterocycles. The van der Waals surface area contributed by atoms with Crippen LogP contribution in [0.15, 0.2) is 29.1 Å². The molecule has 6 heteroatoms. The summed E-state index contributed by atoms with van der Waals surface area (Å²) in [5, 5.41) is 4.21. The average molecular weight is 381 g/mol. The van der Waals surface area contributed by atoms with Crippen LogP contribution in [0, 0.1) is 0 Å². The second kappa shape index (κ2) is 7.00. The molecule has 0 saturated carbocycles. The van der Waals surface area contributed by atoms with E-state index in [1.165, 1.54) is 35.4 Å². The number of fused-ring (bicyclic) bond motifs is 3. The Labute approximate surface area is 162 Å². The highest BCUT2D eigenvalue weighted by Gasteiger charge is 2.21. The molecule has 2 aliphatic rings. The molecule has 0 bridgehead atoms. The normalized spacial score (nSPS) is 16.7. The lowest BCUT2D eigenvalue weighted by Crippen LogP contribution is -2.29. The van der Waals surface area contributed by atoms with E-state index in [0.29, 0.717) is 12.4 Å². The second-order valence-electron chi connectivity index (χ2n) is 7.50. The van der Waals surface area contributed by atoms with Crippen molar-refractivity contribution >= 4 is 32.9 Å². The van der Waals surface area contributed by atoms with Gasteiger partial charge in [-0.15, -0.1) is 11.3 Å². The van der Waals surface area contributed by atoms with Gasteiger partial charge in [-0.25, -0.2) is 4.98 Å². The minimum Gasteiger partial charge on any atom is -0.378 e. The van der Waals surface area contributed by atoms with Crippen molar-refractivity contribution in [2.24, 2.45) is 0 Å². The van der Waals surface area contributed by atoms with Crippen molar-refractivity contribution in [3.8, 4) is 0 Å². The van der Waals surface area contributed by atoms with Crippen molar-refractivity contribution in [2.45, 2.75) is 45.1 Å². The Hall–Kier alpha value is -2.34. The number of anilines is 2. The van der Waals surface area contributed by atoms with E-state index in [-0.39, 0.29) is 5.56 Å². The third kappa shape index (κ3) is 3.23. The van der Waals surface area contributed by atoms with E-state index in [1.54, 1.807) is 11.3 Å². The molecule has 140 valence electrons. The van der Waals surface area contributed by atoms with E-state index in [1.807, 2.05) is 0 Å². The summed E-state index contributed by atoms with van der Waals surface area (Å²) in [6, 6.07) is 8.58. The van der Waals surface area contributed by atoms with E-state index >= 15 is 0 Å². The Morgan fingerprint density at radius 3 is 2.70 bits per heavy atom. The molecule has 27 heavy (non-hydrogen) atoms. The molecule has 1 aliphatic carbocycles. The highest BCUT2D eigenvalue weighted by Crippen LogP contribution is 2.34. The van der Waals surface area contributed by atoms with E-state index in [4.69, 9.17) is 4.98 Å². The monoisotopic (exact) mass is 380 g/mol. The number of benzene rings is 1. The van der Waals surface area contributed by atoms with Gasteiger partial charge < -0.3 is 15.2 Å². The van der Waals surface area contributed by atoms with Crippen LogP contribution in [-0.2, 0) is 19.4 Å². The molecule has 0 spiro atoms. The Bertz CT molecular complexity index is 1020. The van der Waals surface area contributed by atoms with Crippen LogP contribution in [0.3, 0.4) is 0 Å². The van der Waals surface area contributed by atoms with E-state index in [9.17, 15) is 4.79 Å². The molecular formula is C21H24N4OS. The van der Waals surface area contributed by atoms with Crippen LogP contribution in [0.2, 0.25) is 0 Å². The summed E-state index contributed by atoms with van der Waals surface area (Å²) in [7, 11) is 0. The Kier molecular flexibility index (Phi) is 4.36. The maximum atomic E-state index is 12.5. The zero-order valence-electron chi connectivity index (χ0n) is 15.4. The summed E-state index contributed by atoms with van der Waals surface area (Å²) in [4.78, 5) is 24.9. The van der Waals surface area contributed by atoms with Crippen molar-refractivity contribution in [2.75, 3.05) is 23.3 Å². The number of nitrogens with zero attached hydrogens (tertiary/aromatic N) is 2. The van der Waals surface area contributed by atoms with Crippen LogP contribution in [0.1, 0.15) is 41.9 Å². The smallest absolute Gasteiger partial charge is 0.259 e. The third-order valence-electron chi connectivity index (χ3n) is 5.67. The number of aryl methyl sites for hydroxylation is 2. The number of aromatic amines is 1. The fourth-order valence-corrected chi connectivity index (χ4v) is 5.54. The van der Waals surface area contributed by atoms with Crippen molar-refractivity contribution in [3.63, 3.8) is 0 Å². The summed E-state index contributed by atoms with van der Waals surface area (Å²) in [6.07, 6.45) is 7.18. The van der Waals surface area contributed by atoms with Gasteiger partial charge in [-0.1, -0.05) is 0 Å². The fraction of sp³-hybridized carbons (Fsp3) is 0.429. The molecule has 3 aromatic rings. The highest BCUT2D eigenvalue weighted by atomic mass is 32.1. The predicted octanol–water partition coefficient (Wildman–Crippen LogP) is 4.08. The first kappa shape index (κ1) is 16.8. The number of piperidine rings is 1. The number of aromatic nitrogens is 2. The van der Waals surface area contributed by atoms with Gasteiger partial charge in [0.1, 0.15) is 10.7 Å². The van der Waals surface area contributed by atoms with E-state index in [0.717, 1.165) is 48.3 Å². The molecule has 0 atom stereocenters. The van der Waals surface area contributed by atoms with Gasteiger partial charge in [-0.3, -0.25) is 4.79 Å². The third-order valence-corrected chi connectivity index (χ3v) is 6.86. The minimum absolute atomic E-state index is 0.0108. The number of hydrogen-bond donors (Lipinski definition) is 2. The quantitative estimate of drug-likeness (QED) is 0.716. The first-order valence-electron chi connectivity index (χ1n) is 9.90. The van der Waals surface area contributed by atoms with Gasteiger partial charge >= 0.3 is 0 Å². The first-order chi connectivity index (χ1) is 13.3. The summed E-state index contributed by atoms with van der Waals surface area (Å²) >= 11 is 1.69. The molecule has 3 heterocycles. The van der Waals surface area contributed by atoms with Crippen LogP contribution in [0.5, 0.6) is 0 Å². The van der Waals surface area contributed by atoms with Gasteiger partial charge in [0.25, 0.3) is 5.56 Å². The SMILES string of the molecule is O=c1[nH]c(CNc2ccc(N3CCCCC3)cc2)nc2sc3c(c12)CCC3. The molecule has 2 N–H and O–H groups in total. The van der Waals surface area contributed by atoms with Crippen molar-refractivity contribution < 1.29 is 0 Å². The average Bonchev–Trinajstić information content (AvgIpc) is 3.28. The molecule has 1 fully saturated rings. The zero-order valence-corrected chi connectivity index (χ0v) is 16.2. The number of thiophene rings is 1. The van der Waals surface area contributed by atoms with Gasteiger partial charge in [0.05, 0.1) is 11.9 Å². The lowest BCUT2D eigenvalue weighted by Gasteiger charge is -2.28. The zero-order chi connectivity index (χ0) is 18.2. The Morgan fingerprint density at radius 2 is 1.89 bits per heavy atom. The van der Waals surface area contributed by atoms with Gasteiger partial charge in [-0.2, -0.15) is 0 Å². The van der Waals surface area contributed by atoms with Crippen molar-refractivity contribution in [1.82, 2.24) is 9.97 Å². The van der Waals surface area contributed by atoms with Gasteiger partial charge in [-0.05, 0) is 68.4 Å². The van der Waals surface area contributed by atoms with Crippen molar-refractivity contribution in [1.29, 1.82) is 0 Å². The van der Waals surface area contributed by atoms with Gasteiger partial charge in [0.15, 0.2) is 0 Å². The first-order valence-corrected chi connectivity index (χ1v) is 10.7. The maximum absolute atomic E-state index is 12.5. The van der Waals surface area contributed by atoms with Crippen LogP contribution < -0.4 is 15.8 Å². The summed E-state index contributed by atoms with van der Waals surface area (Å²) in [5.74, 6) is 0.701. The molecule has 1 saturated heterocycles. The summed E-state index contributed by atoms with van der Waals surface area (Å²) in [6.45, 7) is 2.84.